The fourth-order valence-corrected chi connectivity index (χ4v) is 3.21. The number of benzene rings is 2. The molecule has 27 heavy (non-hydrogen) atoms. The first-order valence-corrected chi connectivity index (χ1v) is 8.40. The second kappa shape index (κ2) is 6.21. The second-order valence-electron chi connectivity index (χ2n) is 6.20. The number of rotatable bonds is 2. The Hall–Kier alpha value is -3.74. The van der Waals surface area contributed by atoms with Crippen LogP contribution in [0, 0.1) is 5.21 Å². The van der Waals surface area contributed by atoms with Crippen LogP contribution >= 0.6 is 0 Å². The van der Waals surface area contributed by atoms with Crippen molar-refractivity contribution in [2.75, 3.05) is 10.0 Å². The summed E-state index contributed by atoms with van der Waals surface area (Å²) in [5.41, 5.74) is 1.83. The van der Waals surface area contributed by atoms with Crippen molar-refractivity contribution in [1.29, 1.82) is 0 Å². The molecule has 0 N–H and O–H groups in total. The second-order valence-corrected chi connectivity index (χ2v) is 6.20. The van der Waals surface area contributed by atoms with Crippen molar-refractivity contribution in [3.63, 3.8) is 0 Å². The summed E-state index contributed by atoms with van der Waals surface area (Å²) in [6.45, 7) is 3.19. The number of hydrazine groups is 1. The molecule has 134 valence electrons. The highest BCUT2D eigenvalue weighted by Gasteiger charge is 2.45. The Morgan fingerprint density at radius 2 is 1.37 bits per heavy atom. The minimum atomic E-state index is -0.540. The van der Waals surface area contributed by atoms with Crippen LogP contribution in [0.2, 0.25) is 0 Å². The smallest absolute Gasteiger partial charge is 0.322 e. The van der Waals surface area contributed by atoms with E-state index in [4.69, 9.17) is 0 Å². The summed E-state index contributed by atoms with van der Waals surface area (Å²) in [5, 5.41) is 19.2. The van der Waals surface area contributed by atoms with Gasteiger partial charge in [0.2, 0.25) is 5.71 Å². The van der Waals surface area contributed by atoms with Crippen molar-refractivity contribution in [2.24, 2.45) is 5.10 Å². The molecule has 0 radical (unpaired) electrons. The van der Waals surface area contributed by atoms with Gasteiger partial charge in [0, 0.05) is 6.92 Å². The third-order valence-corrected chi connectivity index (χ3v) is 4.51. The summed E-state index contributed by atoms with van der Waals surface area (Å²) in [6.07, 6.45) is 0. The van der Waals surface area contributed by atoms with E-state index in [1.807, 2.05) is 6.07 Å². The number of hydrazone groups is 2. The first-order valence-electron chi connectivity index (χ1n) is 8.40. The molecule has 2 aliphatic rings. The summed E-state index contributed by atoms with van der Waals surface area (Å²) in [5.74, 6) is -0.966. The van der Waals surface area contributed by atoms with Crippen LogP contribution in [0.4, 0.5) is 11.4 Å². The molecule has 0 atom stereocenters. The van der Waals surface area contributed by atoms with Crippen LogP contribution in [-0.4, -0.2) is 28.1 Å². The van der Waals surface area contributed by atoms with Crippen LogP contribution in [0.25, 0.3) is 0 Å². The Balaban J connectivity index is 1.81. The summed E-state index contributed by atoms with van der Waals surface area (Å²) >= 11 is 0. The summed E-state index contributed by atoms with van der Waals surface area (Å²) in [6, 6.07) is 17.5. The van der Waals surface area contributed by atoms with E-state index >= 15 is 0 Å². The normalized spacial score (nSPS) is 20.0. The van der Waals surface area contributed by atoms with E-state index in [2.05, 4.69) is 5.10 Å². The van der Waals surface area contributed by atoms with E-state index < -0.39 is 11.8 Å². The average Bonchev–Trinajstić information content (AvgIpc) is 3.09. The van der Waals surface area contributed by atoms with Gasteiger partial charge in [0.05, 0.1) is 17.0 Å². The molecule has 0 unspecified atom stereocenters. The fraction of sp³-hybridized carbons (Fsp3) is 0.100. The first-order chi connectivity index (χ1) is 13.0. The maximum atomic E-state index is 13.0. The highest BCUT2D eigenvalue weighted by molar-refractivity contribution is 6.40. The van der Waals surface area contributed by atoms with Gasteiger partial charge in [0.15, 0.2) is 0 Å². The number of nitrogens with zero attached hydrogens (tertiary/aromatic N) is 4. The van der Waals surface area contributed by atoms with Crippen LogP contribution < -0.4 is 10.0 Å². The Bertz CT molecular complexity index is 1040. The molecule has 0 aliphatic carbocycles. The quantitative estimate of drug-likeness (QED) is 0.469. The lowest BCUT2D eigenvalue weighted by atomic mass is 10.0. The van der Waals surface area contributed by atoms with Crippen molar-refractivity contribution in [3.05, 3.63) is 77.0 Å². The van der Waals surface area contributed by atoms with Gasteiger partial charge < -0.3 is 5.21 Å². The van der Waals surface area contributed by atoms with Crippen LogP contribution in [0.5, 0.6) is 0 Å². The van der Waals surface area contributed by atoms with E-state index in [9.17, 15) is 14.8 Å². The molecule has 0 bridgehead atoms. The summed E-state index contributed by atoms with van der Waals surface area (Å²) in [7, 11) is 0. The van der Waals surface area contributed by atoms with E-state index in [1.165, 1.54) is 11.9 Å². The van der Waals surface area contributed by atoms with Gasteiger partial charge in [-0.05, 0) is 31.2 Å². The number of amides is 2. The monoisotopic (exact) mass is 360 g/mol. The Morgan fingerprint density at radius 1 is 0.815 bits per heavy atom. The molecule has 0 aromatic heterocycles. The minimum Gasteiger partial charge on any atom is -0.595 e. The van der Waals surface area contributed by atoms with E-state index in [1.54, 1.807) is 61.5 Å². The molecule has 0 fully saturated rings. The molecule has 2 heterocycles. The molecule has 7 nitrogen and oxygen atoms in total. The number of anilines is 2. The zero-order valence-corrected chi connectivity index (χ0v) is 14.8. The van der Waals surface area contributed by atoms with Crippen LogP contribution in [0.15, 0.2) is 76.9 Å². The predicted octanol–water partition coefficient (Wildman–Crippen LogP) is 2.64. The van der Waals surface area contributed by atoms with Crippen LogP contribution in [0.3, 0.4) is 0 Å². The zero-order valence-electron chi connectivity index (χ0n) is 14.8. The van der Waals surface area contributed by atoms with E-state index in [0.717, 1.165) is 5.01 Å². The number of carbonyl (C=O) groups excluding carboxylic acids is 2. The van der Waals surface area contributed by atoms with Crippen LogP contribution in [0.1, 0.15) is 13.8 Å². The molecule has 2 amide bonds. The van der Waals surface area contributed by atoms with Gasteiger partial charge in [-0.2, -0.15) is 10.1 Å². The number of para-hydroxylation sites is 2. The maximum absolute atomic E-state index is 13.0. The Morgan fingerprint density at radius 3 is 1.96 bits per heavy atom. The standard InChI is InChI=1S/C20H16N4O3/c1-13-17(19(25)22(21-13)15-9-5-3-6-10-15)18-14(2)24(27)23(20(18)26)16-11-7-4-8-12-16/h3-12H,1-2H3/b18-17-. The number of hydrogen-bond donors (Lipinski definition) is 0. The molecule has 0 spiro atoms. The largest absolute Gasteiger partial charge is 0.595 e. The van der Waals surface area contributed by atoms with E-state index in [0.29, 0.717) is 21.9 Å². The van der Waals surface area contributed by atoms with Crippen molar-refractivity contribution in [3.8, 4) is 0 Å². The van der Waals surface area contributed by atoms with Gasteiger partial charge in [-0.25, -0.2) is 0 Å². The molecule has 0 saturated carbocycles. The molecule has 0 saturated heterocycles. The SMILES string of the molecule is CC1=NN(c2ccccc2)C(=O)/C1=C1\C(=O)N(c2ccccc2)[N+]([O-])=C1C. The van der Waals surface area contributed by atoms with Crippen molar-refractivity contribution in [1.82, 2.24) is 0 Å². The topological polar surface area (TPSA) is 79.0 Å². The first kappa shape index (κ1) is 16.7. The molecule has 4 rings (SSSR count). The Kier molecular flexibility index (Phi) is 3.84. The lowest BCUT2D eigenvalue weighted by Gasteiger charge is -2.13. The lowest BCUT2D eigenvalue weighted by molar-refractivity contribution is -0.456. The van der Waals surface area contributed by atoms with Crippen LogP contribution in [-0.2, 0) is 9.59 Å². The number of carbonyl (C=O) groups is 2. The van der Waals surface area contributed by atoms with Gasteiger partial charge >= 0.3 is 5.91 Å². The van der Waals surface area contributed by atoms with Gasteiger partial charge in [-0.1, -0.05) is 46.3 Å². The molecule has 7 heteroatoms. The average molecular weight is 360 g/mol. The molecular formula is C20H16N4O3. The maximum Gasteiger partial charge on any atom is 0.322 e. The molecular weight excluding hydrogens is 344 g/mol. The molecule has 2 aromatic carbocycles. The third-order valence-electron chi connectivity index (χ3n) is 4.51. The summed E-state index contributed by atoms with van der Waals surface area (Å²) in [4.78, 5) is 26.5. The fourth-order valence-electron chi connectivity index (χ4n) is 3.21. The summed E-state index contributed by atoms with van der Waals surface area (Å²) < 4.78 is 0. The van der Waals surface area contributed by atoms with Crippen molar-refractivity contribution in [2.45, 2.75) is 13.8 Å². The minimum absolute atomic E-state index is 0.0820. The molecule has 2 aromatic rings. The van der Waals surface area contributed by atoms with Gasteiger partial charge in [-0.15, -0.1) is 0 Å². The molecule has 2 aliphatic heterocycles. The Labute approximate surface area is 155 Å². The van der Waals surface area contributed by atoms with Gasteiger partial charge in [-0.3, -0.25) is 9.59 Å². The highest BCUT2D eigenvalue weighted by Crippen LogP contribution is 2.30. The van der Waals surface area contributed by atoms with Gasteiger partial charge in [0.1, 0.15) is 11.3 Å². The number of hydrogen-bond acceptors (Lipinski definition) is 4. The zero-order chi connectivity index (χ0) is 19.1. The predicted molar refractivity (Wildman–Crippen MR) is 102 cm³/mol. The van der Waals surface area contributed by atoms with Gasteiger partial charge in [0.25, 0.3) is 5.91 Å². The van der Waals surface area contributed by atoms with Crippen molar-refractivity contribution >= 4 is 34.6 Å². The van der Waals surface area contributed by atoms with Crippen molar-refractivity contribution < 1.29 is 14.4 Å². The van der Waals surface area contributed by atoms with E-state index in [-0.39, 0.29) is 16.9 Å². The lowest BCUT2D eigenvalue weighted by Crippen LogP contribution is -2.32. The third kappa shape index (κ3) is 2.52. The highest BCUT2D eigenvalue weighted by atomic mass is 16.5.